The van der Waals surface area contributed by atoms with Gasteiger partial charge in [-0.05, 0) is 19.3 Å². The molecule has 0 aromatic carbocycles. The summed E-state index contributed by atoms with van der Waals surface area (Å²) in [5.41, 5.74) is 0.764. The molecular weight excluding hydrogens is 268 g/mol. The number of hydrogen-bond donors (Lipinski definition) is 1. The van der Waals surface area contributed by atoms with E-state index in [-0.39, 0.29) is 5.91 Å². The van der Waals surface area contributed by atoms with Crippen LogP contribution >= 0.6 is 0 Å². The van der Waals surface area contributed by atoms with Gasteiger partial charge < -0.3 is 10.1 Å². The predicted molar refractivity (Wildman–Crippen MR) is 82.7 cm³/mol. The van der Waals surface area contributed by atoms with Gasteiger partial charge >= 0.3 is 0 Å². The molecule has 0 spiro atoms. The molecule has 0 fully saturated rings. The number of carbonyl (C=O) groups excluding carboxylic acids is 2. The van der Waals surface area contributed by atoms with E-state index in [1.807, 2.05) is 20.0 Å². The maximum absolute atomic E-state index is 11.4. The highest BCUT2D eigenvalue weighted by atomic mass is 16.1. The lowest BCUT2D eigenvalue weighted by Crippen LogP contribution is -2.22. The van der Waals surface area contributed by atoms with Crippen molar-refractivity contribution >= 4 is 12.2 Å². The number of aromatic nitrogens is 3. The first-order chi connectivity index (χ1) is 10.3. The molecule has 1 aromatic heterocycles. The number of carbonyl (C=O) groups is 2. The molecule has 21 heavy (non-hydrogen) atoms. The molecule has 0 saturated carbocycles. The van der Waals surface area contributed by atoms with Gasteiger partial charge in [-0.15, -0.1) is 5.10 Å². The first-order valence-electron chi connectivity index (χ1n) is 7.85. The molecule has 0 bridgehead atoms. The smallest absolute Gasteiger partial charge is 0.220 e. The molecule has 0 aliphatic carbocycles. The zero-order valence-electron chi connectivity index (χ0n) is 13.5. The molecule has 1 N–H and O–H groups in total. The molecule has 0 aliphatic heterocycles. The van der Waals surface area contributed by atoms with Crippen LogP contribution in [0, 0.1) is 0 Å². The first kappa shape index (κ1) is 19.3. The van der Waals surface area contributed by atoms with Gasteiger partial charge in [-0.3, -0.25) is 9.48 Å². The average Bonchev–Trinajstić information content (AvgIpc) is 2.97. The van der Waals surface area contributed by atoms with E-state index >= 15 is 0 Å². The zero-order valence-corrected chi connectivity index (χ0v) is 13.5. The summed E-state index contributed by atoms with van der Waals surface area (Å²) in [4.78, 5) is 21.6. The predicted octanol–water partition coefficient (Wildman–Crippen LogP) is 2.48. The molecule has 6 nitrogen and oxygen atoms in total. The third-order valence-electron chi connectivity index (χ3n) is 2.77. The number of aryl methyl sites for hydroxylation is 1. The number of hydrogen-bond acceptors (Lipinski definition) is 4. The van der Waals surface area contributed by atoms with Crippen LogP contribution in [0.1, 0.15) is 65.0 Å². The Balaban J connectivity index is 0.00000191. The van der Waals surface area contributed by atoms with Gasteiger partial charge in [0.2, 0.25) is 5.91 Å². The van der Waals surface area contributed by atoms with E-state index in [4.69, 9.17) is 0 Å². The van der Waals surface area contributed by atoms with E-state index in [0.717, 1.165) is 44.2 Å². The van der Waals surface area contributed by atoms with E-state index in [2.05, 4.69) is 22.6 Å². The summed E-state index contributed by atoms with van der Waals surface area (Å²) in [5.74, 6) is 0.0578. The minimum Gasteiger partial charge on any atom is -0.350 e. The van der Waals surface area contributed by atoms with Crippen LogP contribution in [0.3, 0.4) is 0 Å². The van der Waals surface area contributed by atoms with Gasteiger partial charge in [0, 0.05) is 19.4 Å². The summed E-state index contributed by atoms with van der Waals surface area (Å²) in [6, 6.07) is 0. The standard InChI is InChI=1S/C13H22N4O2.C2H6/c1-2-3-7-13(19)14-10-12-11-17(16-15-12)8-5-4-6-9-18;1-2/h9,11H,2-8,10H2,1H3,(H,14,19);1-2H3. The largest absolute Gasteiger partial charge is 0.350 e. The SMILES string of the molecule is CC.CCCCC(=O)NCc1cn(CCCCC=O)nn1. The van der Waals surface area contributed by atoms with Gasteiger partial charge in [-0.2, -0.15) is 0 Å². The Hall–Kier alpha value is -1.72. The number of nitrogens with zero attached hydrogens (tertiary/aromatic N) is 3. The van der Waals surface area contributed by atoms with Crippen molar-refractivity contribution < 1.29 is 9.59 Å². The molecule has 120 valence electrons. The fourth-order valence-corrected chi connectivity index (χ4v) is 1.65. The maximum atomic E-state index is 11.4. The van der Waals surface area contributed by atoms with Crippen molar-refractivity contribution in [3.8, 4) is 0 Å². The van der Waals surface area contributed by atoms with E-state index in [1.165, 1.54) is 0 Å². The molecular formula is C15H28N4O2. The summed E-state index contributed by atoms with van der Waals surface area (Å²) in [7, 11) is 0. The Bertz CT molecular complexity index is 391. The highest BCUT2D eigenvalue weighted by molar-refractivity contribution is 5.75. The minimum atomic E-state index is 0.0578. The summed E-state index contributed by atoms with van der Waals surface area (Å²) in [6.45, 7) is 7.24. The van der Waals surface area contributed by atoms with Crippen LogP contribution in [-0.4, -0.2) is 27.2 Å². The summed E-state index contributed by atoms with van der Waals surface area (Å²) in [5, 5.41) is 10.8. The van der Waals surface area contributed by atoms with Crippen LogP contribution < -0.4 is 5.32 Å². The van der Waals surface area contributed by atoms with Gasteiger partial charge in [-0.25, -0.2) is 0 Å². The normalized spacial score (nSPS) is 9.67. The van der Waals surface area contributed by atoms with E-state index < -0.39 is 0 Å². The number of nitrogens with one attached hydrogen (secondary N) is 1. The molecule has 0 unspecified atom stereocenters. The van der Waals surface area contributed by atoms with Crippen molar-refractivity contribution in [3.05, 3.63) is 11.9 Å². The lowest BCUT2D eigenvalue weighted by molar-refractivity contribution is -0.121. The molecule has 0 saturated heterocycles. The van der Waals surface area contributed by atoms with Crippen molar-refractivity contribution in [1.29, 1.82) is 0 Å². The zero-order chi connectivity index (χ0) is 15.9. The molecule has 6 heteroatoms. The van der Waals surface area contributed by atoms with Gasteiger partial charge in [0.15, 0.2) is 0 Å². The van der Waals surface area contributed by atoms with E-state index in [0.29, 0.717) is 19.4 Å². The van der Waals surface area contributed by atoms with E-state index in [1.54, 1.807) is 4.68 Å². The summed E-state index contributed by atoms with van der Waals surface area (Å²) in [6.07, 6.45) is 7.63. The van der Waals surface area contributed by atoms with Crippen molar-refractivity contribution in [2.45, 2.75) is 72.4 Å². The molecule has 0 aliphatic rings. The second-order valence-corrected chi connectivity index (χ2v) is 4.52. The van der Waals surface area contributed by atoms with Crippen molar-refractivity contribution in [1.82, 2.24) is 20.3 Å². The molecule has 1 amide bonds. The minimum absolute atomic E-state index is 0.0578. The Morgan fingerprint density at radius 2 is 2.10 bits per heavy atom. The quantitative estimate of drug-likeness (QED) is 0.531. The van der Waals surface area contributed by atoms with Crippen LogP contribution in [0.15, 0.2) is 6.20 Å². The molecule has 1 heterocycles. The van der Waals surface area contributed by atoms with Crippen LogP contribution in [0.5, 0.6) is 0 Å². The number of rotatable bonds is 10. The maximum Gasteiger partial charge on any atom is 0.220 e. The number of amides is 1. The average molecular weight is 296 g/mol. The Morgan fingerprint density at radius 1 is 1.33 bits per heavy atom. The fraction of sp³-hybridized carbons (Fsp3) is 0.733. The Morgan fingerprint density at radius 3 is 2.76 bits per heavy atom. The highest BCUT2D eigenvalue weighted by Gasteiger charge is 2.04. The second kappa shape index (κ2) is 13.3. The summed E-state index contributed by atoms with van der Waals surface area (Å²) >= 11 is 0. The molecule has 1 rings (SSSR count). The highest BCUT2D eigenvalue weighted by Crippen LogP contribution is 1.99. The third kappa shape index (κ3) is 9.76. The topological polar surface area (TPSA) is 76.9 Å². The van der Waals surface area contributed by atoms with Gasteiger partial charge in [0.05, 0.1) is 12.7 Å². The van der Waals surface area contributed by atoms with Crippen molar-refractivity contribution in [2.75, 3.05) is 0 Å². The Kier molecular flexibility index (Phi) is 12.2. The van der Waals surface area contributed by atoms with Crippen molar-refractivity contribution in [2.24, 2.45) is 0 Å². The third-order valence-corrected chi connectivity index (χ3v) is 2.77. The first-order valence-corrected chi connectivity index (χ1v) is 7.85. The fourth-order valence-electron chi connectivity index (χ4n) is 1.65. The monoisotopic (exact) mass is 296 g/mol. The number of unbranched alkanes of at least 4 members (excludes halogenated alkanes) is 3. The molecule has 0 atom stereocenters. The van der Waals surface area contributed by atoms with Crippen LogP contribution in [0.4, 0.5) is 0 Å². The van der Waals surface area contributed by atoms with Crippen molar-refractivity contribution in [3.63, 3.8) is 0 Å². The Labute approximate surface area is 127 Å². The molecule has 1 aromatic rings. The lowest BCUT2D eigenvalue weighted by atomic mass is 10.2. The second-order valence-electron chi connectivity index (χ2n) is 4.52. The number of aldehydes is 1. The van der Waals surface area contributed by atoms with Gasteiger partial charge in [0.25, 0.3) is 0 Å². The van der Waals surface area contributed by atoms with Gasteiger partial charge in [0.1, 0.15) is 12.0 Å². The summed E-state index contributed by atoms with van der Waals surface area (Å²) < 4.78 is 1.75. The lowest BCUT2D eigenvalue weighted by Gasteiger charge is -2.01. The molecule has 0 radical (unpaired) electrons. The van der Waals surface area contributed by atoms with Crippen LogP contribution in [-0.2, 0) is 22.7 Å². The van der Waals surface area contributed by atoms with Crippen LogP contribution in [0.2, 0.25) is 0 Å². The van der Waals surface area contributed by atoms with Crippen LogP contribution in [0.25, 0.3) is 0 Å². The van der Waals surface area contributed by atoms with E-state index in [9.17, 15) is 9.59 Å². The van der Waals surface area contributed by atoms with Gasteiger partial charge in [-0.1, -0.05) is 32.4 Å².